The lowest BCUT2D eigenvalue weighted by molar-refractivity contribution is 0.629. The molecule has 2 heterocycles. The lowest BCUT2D eigenvalue weighted by atomic mass is 10.1. The maximum atomic E-state index is 14.1. The Balaban J connectivity index is 0.00000176. The Bertz CT molecular complexity index is 1700. The van der Waals surface area contributed by atoms with Gasteiger partial charge in [-0.1, -0.05) is 23.2 Å². The van der Waals surface area contributed by atoms with Crippen molar-refractivity contribution in [3.8, 4) is 0 Å². The minimum absolute atomic E-state index is 0. The second-order valence-corrected chi connectivity index (χ2v) is 9.70. The number of anilines is 2. The van der Waals surface area contributed by atoms with Gasteiger partial charge in [0.25, 0.3) is 0 Å². The molecule has 2 N–H and O–H groups in total. The molecule has 10 heteroatoms. The van der Waals surface area contributed by atoms with E-state index >= 15 is 0 Å². The summed E-state index contributed by atoms with van der Waals surface area (Å²) in [5.41, 5.74) is 4.48. The molecule has 200 valence electrons. The summed E-state index contributed by atoms with van der Waals surface area (Å²) >= 11 is 12.4. The quantitative estimate of drug-likeness (QED) is 0.147. The van der Waals surface area contributed by atoms with Crippen LogP contribution in [-0.4, -0.2) is 23.1 Å². The van der Waals surface area contributed by atoms with Crippen LogP contribution in [0.5, 0.6) is 0 Å². The van der Waals surface area contributed by atoms with Crippen LogP contribution in [0.4, 0.5) is 20.2 Å². The topological polar surface area (TPSA) is 49.8 Å². The smallest absolute Gasteiger partial charge is 0.124 e. The van der Waals surface area contributed by atoms with Gasteiger partial charge < -0.3 is 10.6 Å². The zero-order valence-corrected chi connectivity index (χ0v) is 23.4. The van der Waals surface area contributed by atoms with Gasteiger partial charge in [0.2, 0.25) is 0 Å². The van der Waals surface area contributed by atoms with Crippen molar-refractivity contribution in [2.24, 2.45) is 0 Å². The molecule has 0 saturated heterocycles. The second kappa shape index (κ2) is 11.9. The predicted octanol–water partition coefficient (Wildman–Crippen LogP) is 9.43. The number of hydrogen-bond acceptors (Lipinski definition) is 4. The minimum Gasteiger partial charge on any atom is -0.384 e. The van der Waals surface area contributed by atoms with Crippen molar-refractivity contribution >= 4 is 103 Å². The van der Waals surface area contributed by atoms with Crippen molar-refractivity contribution in [3.05, 3.63) is 94.5 Å². The normalized spacial score (nSPS) is 11.0. The van der Waals surface area contributed by atoms with E-state index in [1.54, 1.807) is 36.4 Å². The van der Waals surface area contributed by atoms with Crippen molar-refractivity contribution in [2.45, 2.75) is 6.42 Å². The highest BCUT2D eigenvalue weighted by atomic mass is 35.5. The SMILES string of the molecule is Cl.Cl.Fc1ccc2nc3cc(Cl)ccc3c(NCCCNc3c4ccc(Cl)cc4nc4ccc(F)cc34)c2c1. The third kappa shape index (κ3) is 5.75. The van der Waals surface area contributed by atoms with E-state index < -0.39 is 0 Å². The molecule has 0 bridgehead atoms. The summed E-state index contributed by atoms with van der Waals surface area (Å²) < 4.78 is 28.2. The van der Waals surface area contributed by atoms with E-state index in [2.05, 4.69) is 20.6 Å². The van der Waals surface area contributed by atoms with Crippen LogP contribution in [0.2, 0.25) is 10.0 Å². The molecule has 0 aliphatic carbocycles. The summed E-state index contributed by atoms with van der Waals surface area (Å²) in [5, 5.41) is 11.3. The average molecular weight is 606 g/mol. The van der Waals surface area contributed by atoms with Gasteiger partial charge in [0.15, 0.2) is 0 Å². The molecule has 0 spiro atoms. The van der Waals surface area contributed by atoms with E-state index in [1.807, 2.05) is 12.1 Å². The van der Waals surface area contributed by atoms with Gasteiger partial charge in [-0.2, -0.15) is 0 Å². The van der Waals surface area contributed by atoms with Crippen molar-refractivity contribution in [1.29, 1.82) is 0 Å². The summed E-state index contributed by atoms with van der Waals surface area (Å²) in [5.74, 6) is -0.646. The Morgan fingerprint density at radius 3 is 1.41 bits per heavy atom. The number of rotatable bonds is 6. The summed E-state index contributed by atoms with van der Waals surface area (Å²) in [6, 6.07) is 20.1. The van der Waals surface area contributed by atoms with Crippen LogP contribution >= 0.6 is 48.0 Å². The van der Waals surface area contributed by atoms with E-state index in [4.69, 9.17) is 23.2 Å². The van der Waals surface area contributed by atoms with E-state index in [1.165, 1.54) is 24.3 Å². The largest absolute Gasteiger partial charge is 0.384 e. The average Bonchev–Trinajstić information content (AvgIpc) is 2.87. The van der Waals surface area contributed by atoms with E-state index in [9.17, 15) is 8.78 Å². The Labute approximate surface area is 245 Å². The molecule has 4 aromatic carbocycles. The zero-order chi connectivity index (χ0) is 25.5. The van der Waals surface area contributed by atoms with Gasteiger partial charge in [0, 0.05) is 44.7 Å². The molecular weight excluding hydrogens is 584 g/mol. The first kappa shape index (κ1) is 28.8. The fraction of sp³-hybridized carbons (Fsp3) is 0.103. The molecule has 0 saturated carbocycles. The molecule has 0 unspecified atom stereocenters. The van der Waals surface area contributed by atoms with Crippen LogP contribution in [0.3, 0.4) is 0 Å². The second-order valence-electron chi connectivity index (χ2n) is 8.83. The highest BCUT2D eigenvalue weighted by Crippen LogP contribution is 2.34. The minimum atomic E-state index is -0.323. The maximum Gasteiger partial charge on any atom is 0.124 e. The summed E-state index contributed by atoms with van der Waals surface area (Å²) in [6.07, 6.45) is 0.739. The van der Waals surface area contributed by atoms with Crippen LogP contribution in [-0.2, 0) is 0 Å². The highest BCUT2D eigenvalue weighted by Gasteiger charge is 2.12. The number of hydrogen-bond donors (Lipinski definition) is 2. The van der Waals surface area contributed by atoms with Crippen LogP contribution in [0.15, 0.2) is 72.8 Å². The molecule has 0 aliphatic heterocycles. The number of nitrogens with one attached hydrogen (secondary N) is 2. The number of benzene rings is 4. The van der Waals surface area contributed by atoms with Crippen molar-refractivity contribution in [1.82, 2.24) is 9.97 Å². The molecule has 2 aromatic heterocycles. The predicted molar refractivity (Wildman–Crippen MR) is 165 cm³/mol. The van der Waals surface area contributed by atoms with Crippen LogP contribution in [0, 0.1) is 11.6 Å². The summed E-state index contributed by atoms with van der Waals surface area (Å²) in [7, 11) is 0. The standard InChI is InChI=1S/C29H20Cl2F2N4.2ClH/c30-16-2-6-20-26(12-16)36-24-8-4-18(32)14-22(24)28(20)34-10-1-11-35-29-21-7-3-17(31)13-27(21)37-25-9-5-19(33)15-23(25)29;;/h2-9,12-15H,1,10-11H2,(H,34,36)(H,35,37);2*1H. The lowest BCUT2D eigenvalue weighted by Gasteiger charge is -2.16. The Kier molecular flexibility index (Phi) is 8.82. The fourth-order valence-corrected chi connectivity index (χ4v) is 5.01. The molecule has 39 heavy (non-hydrogen) atoms. The Hall–Kier alpha value is -3.16. The van der Waals surface area contributed by atoms with Crippen molar-refractivity contribution < 1.29 is 8.78 Å². The van der Waals surface area contributed by atoms with E-state index in [-0.39, 0.29) is 36.4 Å². The maximum absolute atomic E-state index is 14.1. The molecule has 0 fully saturated rings. The van der Waals surface area contributed by atoms with Gasteiger partial charge in [0.1, 0.15) is 11.6 Å². The Morgan fingerprint density at radius 2 is 0.974 bits per heavy atom. The monoisotopic (exact) mass is 604 g/mol. The number of aromatic nitrogens is 2. The lowest BCUT2D eigenvalue weighted by Crippen LogP contribution is -2.10. The number of halogens is 6. The van der Waals surface area contributed by atoms with Gasteiger partial charge in [-0.05, 0) is 79.2 Å². The zero-order valence-electron chi connectivity index (χ0n) is 20.3. The Morgan fingerprint density at radius 1 is 0.538 bits per heavy atom. The van der Waals surface area contributed by atoms with Gasteiger partial charge in [-0.25, -0.2) is 18.7 Å². The van der Waals surface area contributed by atoms with Crippen LogP contribution < -0.4 is 10.6 Å². The van der Waals surface area contributed by atoms with Crippen LogP contribution in [0.25, 0.3) is 43.6 Å². The van der Waals surface area contributed by atoms with E-state index in [0.29, 0.717) is 44.9 Å². The van der Waals surface area contributed by atoms with E-state index in [0.717, 1.165) is 39.6 Å². The van der Waals surface area contributed by atoms with Crippen molar-refractivity contribution in [3.63, 3.8) is 0 Å². The van der Waals surface area contributed by atoms with Crippen molar-refractivity contribution in [2.75, 3.05) is 23.7 Å². The first-order valence-corrected chi connectivity index (χ1v) is 12.6. The molecule has 0 amide bonds. The molecular formula is C29H22Cl4F2N4. The molecule has 4 nitrogen and oxygen atoms in total. The molecule has 6 aromatic rings. The van der Waals surface area contributed by atoms with Gasteiger partial charge in [-0.15, -0.1) is 24.8 Å². The molecule has 0 atom stereocenters. The van der Waals surface area contributed by atoms with Crippen LogP contribution in [0.1, 0.15) is 6.42 Å². The third-order valence-corrected chi connectivity index (χ3v) is 6.82. The number of pyridine rings is 2. The third-order valence-electron chi connectivity index (χ3n) is 6.35. The summed E-state index contributed by atoms with van der Waals surface area (Å²) in [6.45, 7) is 1.23. The first-order valence-electron chi connectivity index (χ1n) is 11.8. The number of fused-ring (bicyclic) bond motifs is 4. The number of nitrogens with zero attached hydrogens (tertiary/aromatic N) is 2. The first-order chi connectivity index (χ1) is 18.0. The fourth-order valence-electron chi connectivity index (χ4n) is 4.68. The molecule has 0 aliphatic rings. The molecule has 0 radical (unpaired) electrons. The van der Waals surface area contributed by atoms with Gasteiger partial charge >= 0.3 is 0 Å². The summed E-state index contributed by atoms with van der Waals surface area (Å²) in [4.78, 5) is 9.29. The van der Waals surface area contributed by atoms with Gasteiger partial charge in [0.05, 0.1) is 33.4 Å². The van der Waals surface area contributed by atoms with Gasteiger partial charge in [-0.3, -0.25) is 0 Å². The molecule has 6 rings (SSSR count). The highest BCUT2D eigenvalue weighted by molar-refractivity contribution is 6.32.